The van der Waals surface area contributed by atoms with Crippen LogP contribution in [0.3, 0.4) is 0 Å². The van der Waals surface area contributed by atoms with Crippen LogP contribution < -0.4 is 11.3 Å². The highest BCUT2D eigenvalue weighted by molar-refractivity contribution is 6.35. The molecule has 0 aromatic carbocycles. The number of carbonyl (C=O) groups excluding carboxylic acids is 3. The fraction of sp³-hybridized carbons (Fsp3) is 0.786. The van der Waals surface area contributed by atoms with E-state index >= 15 is 0 Å². The maximum absolute atomic E-state index is 11.9. The number of amides is 2. The summed E-state index contributed by atoms with van der Waals surface area (Å²) in [6.07, 6.45) is 5.60. The topological polar surface area (TPSA) is 92.5 Å². The largest absolute Gasteiger partial charge is 0.323 e. The maximum atomic E-state index is 11.9. The standard InChI is InChI=1S/C14H25N3O3/c1-10(2)8-9-12(18)14(20)17(15)16-13(19)11-6-4-3-5-7-11/h10-11H,3-9,15H2,1-2H3,(H,16,19). The average Bonchev–Trinajstić information content (AvgIpc) is 2.44. The van der Waals surface area contributed by atoms with E-state index in [0.29, 0.717) is 17.5 Å². The van der Waals surface area contributed by atoms with Gasteiger partial charge in [0, 0.05) is 12.3 Å². The summed E-state index contributed by atoms with van der Waals surface area (Å²) in [6.45, 7) is 3.95. The monoisotopic (exact) mass is 283 g/mol. The molecule has 1 fully saturated rings. The van der Waals surface area contributed by atoms with Gasteiger partial charge in [-0.3, -0.25) is 14.4 Å². The van der Waals surface area contributed by atoms with Crippen LogP contribution >= 0.6 is 0 Å². The molecule has 20 heavy (non-hydrogen) atoms. The number of hydrazine groups is 2. The number of hydrogen-bond donors (Lipinski definition) is 2. The molecule has 1 saturated carbocycles. The molecule has 0 aliphatic heterocycles. The third kappa shape index (κ3) is 5.28. The first kappa shape index (κ1) is 16.6. The third-order valence-electron chi connectivity index (χ3n) is 3.61. The van der Waals surface area contributed by atoms with Crippen molar-refractivity contribution in [1.82, 2.24) is 10.5 Å². The Morgan fingerprint density at radius 2 is 1.80 bits per heavy atom. The number of nitrogens with one attached hydrogen (secondary N) is 1. The molecule has 0 radical (unpaired) electrons. The van der Waals surface area contributed by atoms with Crippen molar-refractivity contribution in [3.63, 3.8) is 0 Å². The molecule has 6 nitrogen and oxygen atoms in total. The number of nitrogens with two attached hydrogens (primary N) is 1. The molecule has 2 amide bonds. The van der Waals surface area contributed by atoms with Crippen LogP contribution in [0, 0.1) is 11.8 Å². The van der Waals surface area contributed by atoms with Crippen LogP contribution in [-0.4, -0.2) is 22.7 Å². The molecule has 1 aliphatic rings. The van der Waals surface area contributed by atoms with Crippen molar-refractivity contribution in [2.75, 3.05) is 0 Å². The number of hydrogen-bond acceptors (Lipinski definition) is 4. The van der Waals surface area contributed by atoms with Gasteiger partial charge in [0.25, 0.3) is 0 Å². The quantitative estimate of drug-likeness (QED) is 0.344. The van der Waals surface area contributed by atoms with Crippen molar-refractivity contribution < 1.29 is 14.4 Å². The van der Waals surface area contributed by atoms with E-state index in [0.717, 1.165) is 32.1 Å². The SMILES string of the molecule is CC(C)CCC(=O)C(=O)N(N)NC(=O)C1CCCCC1. The molecule has 3 N–H and O–H groups in total. The summed E-state index contributed by atoms with van der Waals surface area (Å²) < 4.78 is 0. The zero-order chi connectivity index (χ0) is 15.1. The number of carbonyl (C=O) groups is 3. The van der Waals surface area contributed by atoms with E-state index in [-0.39, 0.29) is 18.2 Å². The minimum Gasteiger partial charge on any atom is -0.289 e. The Hall–Kier alpha value is -1.43. The predicted octanol–water partition coefficient (Wildman–Crippen LogP) is 1.31. The number of Topliss-reactive ketones (excluding diaryl/α,β-unsaturated/α-hetero) is 1. The molecule has 114 valence electrons. The van der Waals surface area contributed by atoms with Crippen LogP contribution in [0.15, 0.2) is 0 Å². The van der Waals surface area contributed by atoms with Crippen molar-refractivity contribution in [1.29, 1.82) is 0 Å². The summed E-state index contributed by atoms with van der Waals surface area (Å²) in [5.41, 5.74) is 2.32. The fourth-order valence-electron chi connectivity index (χ4n) is 2.29. The first-order valence-corrected chi connectivity index (χ1v) is 7.34. The van der Waals surface area contributed by atoms with E-state index in [1.54, 1.807) is 0 Å². The zero-order valence-corrected chi connectivity index (χ0v) is 12.4. The molecule has 0 heterocycles. The van der Waals surface area contributed by atoms with Crippen molar-refractivity contribution in [3.8, 4) is 0 Å². The number of nitrogens with zero attached hydrogens (tertiary/aromatic N) is 1. The average molecular weight is 283 g/mol. The lowest BCUT2D eigenvalue weighted by Crippen LogP contribution is -2.54. The minimum absolute atomic E-state index is 0.103. The lowest BCUT2D eigenvalue weighted by molar-refractivity contribution is -0.151. The lowest BCUT2D eigenvalue weighted by Gasteiger charge is -2.24. The first-order chi connectivity index (χ1) is 9.41. The van der Waals surface area contributed by atoms with Crippen LogP contribution in [0.2, 0.25) is 0 Å². The highest BCUT2D eigenvalue weighted by Crippen LogP contribution is 2.23. The lowest BCUT2D eigenvalue weighted by atomic mass is 9.89. The normalized spacial score (nSPS) is 16.0. The van der Waals surface area contributed by atoms with Gasteiger partial charge in [0.15, 0.2) is 0 Å². The molecular weight excluding hydrogens is 258 g/mol. The van der Waals surface area contributed by atoms with E-state index in [1.807, 2.05) is 13.8 Å². The maximum Gasteiger partial charge on any atom is 0.323 e. The van der Waals surface area contributed by atoms with E-state index in [2.05, 4.69) is 5.43 Å². The Bertz CT molecular complexity index is 363. The van der Waals surface area contributed by atoms with Crippen molar-refractivity contribution in [3.05, 3.63) is 0 Å². The molecule has 6 heteroatoms. The first-order valence-electron chi connectivity index (χ1n) is 7.34. The molecule has 0 unspecified atom stereocenters. The highest BCUT2D eigenvalue weighted by Gasteiger charge is 2.25. The predicted molar refractivity (Wildman–Crippen MR) is 74.8 cm³/mol. The molecule has 0 spiro atoms. The molecule has 0 atom stereocenters. The third-order valence-corrected chi connectivity index (χ3v) is 3.61. The van der Waals surface area contributed by atoms with Gasteiger partial charge in [0.05, 0.1) is 0 Å². The minimum atomic E-state index is -0.852. The molecule has 0 aromatic rings. The van der Waals surface area contributed by atoms with E-state index in [4.69, 9.17) is 5.84 Å². The Morgan fingerprint density at radius 3 is 2.35 bits per heavy atom. The zero-order valence-electron chi connectivity index (χ0n) is 12.4. The van der Waals surface area contributed by atoms with Gasteiger partial charge in [-0.2, -0.15) is 5.12 Å². The highest BCUT2D eigenvalue weighted by atomic mass is 16.2. The van der Waals surface area contributed by atoms with E-state index in [1.165, 1.54) is 0 Å². The van der Waals surface area contributed by atoms with Crippen LogP contribution in [-0.2, 0) is 14.4 Å². The summed E-state index contributed by atoms with van der Waals surface area (Å²) in [6, 6.07) is 0. The molecule has 0 bridgehead atoms. The number of rotatable bonds is 5. The summed E-state index contributed by atoms with van der Waals surface area (Å²) in [4.78, 5) is 35.2. The van der Waals surface area contributed by atoms with Crippen LogP contribution in [0.25, 0.3) is 0 Å². The van der Waals surface area contributed by atoms with Crippen LogP contribution in [0.5, 0.6) is 0 Å². The van der Waals surface area contributed by atoms with E-state index < -0.39 is 11.7 Å². The van der Waals surface area contributed by atoms with Crippen LogP contribution in [0.4, 0.5) is 0 Å². The fourth-order valence-corrected chi connectivity index (χ4v) is 2.29. The summed E-state index contributed by atoms with van der Waals surface area (Å²) in [7, 11) is 0. The Labute approximate surface area is 120 Å². The smallest absolute Gasteiger partial charge is 0.289 e. The molecule has 1 aliphatic carbocycles. The van der Waals surface area contributed by atoms with Gasteiger partial charge < -0.3 is 0 Å². The van der Waals surface area contributed by atoms with Gasteiger partial charge in [-0.05, 0) is 25.2 Å². The summed E-state index contributed by atoms with van der Waals surface area (Å²) in [5, 5.41) is 0.541. The van der Waals surface area contributed by atoms with Crippen molar-refractivity contribution >= 4 is 17.6 Å². The molecule has 0 saturated heterocycles. The Balaban J connectivity index is 2.40. The van der Waals surface area contributed by atoms with Gasteiger partial charge in [0.1, 0.15) is 0 Å². The second kappa shape index (κ2) is 7.99. The van der Waals surface area contributed by atoms with Gasteiger partial charge in [-0.15, -0.1) is 0 Å². The van der Waals surface area contributed by atoms with Crippen molar-refractivity contribution in [2.24, 2.45) is 17.7 Å². The van der Waals surface area contributed by atoms with Gasteiger partial charge in [-0.1, -0.05) is 33.1 Å². The second-order valence-electron chi connectivity index (χ2n) is 5.84. The molecular formula is C14H25N3O3. The number of ketones is 1. The molecule has 1 rings (SSSR count). The Kier molecular flexibility index (Phi) is 6.64. The summed E-state index contributed by atoms with van der Waals surface area (Å²) in [5.74, 6) is 4.02. The Morgan fingerprint density at radius 1 is 1.20 bits per heavy atom. The summed E-state index contributed by atoms with van der Waals surface area (Å²) >= 11 is 0. The van der Waals surface area contributed by atoms with Gasteiger partial charge in [-0.25, -0.2) is 11.3 Å². The van der Waals surface area contributed by atoms with Gasteiger partial charge in [0.2, 0.25) is 11.7 Å². The second-order valence-corrected chi connectivity index (χ2v) is 5.84. The van der Waals surface area contributed by atoms with E-state index in [9.17, 15) is 14.4 Å². The molecule has 0 aromatic heterocycles. The van der Waals surface area contributed by atoms with Gasteiger partial charge >= 0.3 is 5.91 Å². The van der Waals surface area contributed by atoms with Crippen molar-refractivity contribution in [2.45, 2.75) is 58.8 Å². The van der Waals surface area contributed by atoms with Crippen LogP contribution in [0.1, 0.15) is 58.8 Å².